The molecule has 33 heavy (non-hydrogen) atoms. The minimum absolute atomic E-state index is 0.217. The maximum absolute atomic E-state index is 12.0. The number of hydrogen-bond acceptors (Lipinski definition) is 7. The van der Waals surface area contributed by atoms with Gasteiger partial charge in [0.15, 0.2) is 0 Å². The lowest BCUT2D eigenvalue weighted by Gasteiger charge is -2.21. The van der Waals surface area contributed by atoms with E-state index in [1.807, 2.05) is 19.9 Å². The third-order valence-electron chi connectivity index (χ3n) is 6.39. The molecular weight excluding hydrogens is 460 g/mol. The van der Waals surface area contributed by atoms with Crippen molar-refractivity contribution in [2.45, 2.75) is 77.7 Å². The van der Waals surface area contributed by atoms with Crippen LogP contribution >= 0.6 is 11.3 Å². The number of aldehydes is 1. The fraction of sp³-hybridized carbons (Fsp3) is 0.750. The molecule has 1 aliphatic carbocycles. The molecule has 1 saturated heterocycles. The van der Waals surface area contributed by atoms with Crippen LogP contribution in [0.2, 0.25) is 0 Å². The van der Waals surface area contributed by atoms with Crippen LogP contribution in [0.1, 0.15) is 86.9 Å². The van der Waals surface area contributed by atoms with Crippen LogP contribution in [0.25, 0.3) is 0 Å². The number of methoxy groups -OCH3 is 1. The van der Waals surface area contributed by atoms with Crippen molar-refractivity contribution in [1.82, 2.24) is 4.31 Å². The molecule has 2 heterocycles. The third kappa shape index (κ3) is 8.68. The number of ether oxygens (including phenoxy) is 1. The molecular formula is C24H40N2O5S2. The molecule has 1 atom stereocenters. The normalized spacial score (nSPS) is 24.4. The van der Waals surface area contributed by atoms with Gasteiger partial charge in [-0.1, -0.05) is 19.8 Å². The monoisotopic (exact) mass is 500 g/mol. The number of rotatable bonds is 6. The van der Waals surface area contributed by atoms with Gasteiger partial charge in [-0.05, 0) is 63.9 Å². The Hall–Kier alpha value is -1.45. The number of carbonyl (C=O) groups is 2. The van der Waals surface area contributed by atoms with Crippen molar-refractivity contribution in [3.8, 4) is 0 Å². The summed E-state index contributed by atoms with van der Waals surface area (Å²) in [5.74, 6) is 1.18. The van der Waals surface area contributed by atoms with E-state index < -0.39 is 10.0 Å². The number of hydrogen-bond donors (Lipinski definition) is 1. The molecule has 1 unspecified atom stereocenters. The van der Waals surface area contributed by atoms with Gasteiger partial charge in [-0.15, -0.1) is 11.3 Å². The van der Waals surface area contributed by atoms with Crippen LogP contribution < -0.4 is 5.32 Å². The average molecular weight is 501 g/mol. The Morgan fingerprint density at radius 2 is 1.85 bits per heavy atom. The van der Waals surface area contributed by atoms with E-state index >= 15 is 0 Å². The van der Waals surface area contributed by atoms with Crippen molar-refractivity contribution in [2.24, 2.45) is 11.8 Å². The molecule has 1 aromatic rings. The zero-order valence-electron chi connectivity index (χ0n) is 20.6. The maximum Gasteiger partial charge on any atom is 0.340 e. The Morgan fingerprint density at radius 1 is 1.18 bits per heavy atom. The molecule has 1 aliphatic heterocycles. The molecule has 9 heteroatoms. The van der Waals surface area contributed by atoms with Gasteiger partial charge in [-0.25, -0.2) is 17.5 Å². The summed E-state index contributed by atoms with van der Waals surface area (Å²) in [7, 11) is -1.76. The largest absolute Gasteiger partial charge is 0.465 e. The summed E-state index contributed by atoms with van der Waals surface area (Å²) in [6.07, 6.45) is 9.67. The molecule has 2 aliphatic rings. The summed E-state index contributed by atoms with van der Waals surface area (Å²) in [5, 5.41) is 4.14. The van der Waals surface area contributed by atoms with E-state index in [1.54, 1.807) is 15.6 Å². The summed E-state index contributed by atoms with van der Waals surface area (Å²) in [6, 6.07) is 2.12. The van der Waals surface area contributed by atoms with Gasteiger partial charge in [-0.3, -0.25) is 0 Å². The SMILES string of the molecule is CC1CCC(C=O)CC1.COC(=O)c1cc(C2CCCN(S(C)(=O)=O)CC2)sc1NC(C)C. The molecule has 3 rings (SSSR count). The van der Waals surface area contributed by atoms with E-state index in [0.29, 0.717) is 24.6 Å². The first-order valence-electron chi connectivity index (χ1n) is 11.9. The Balaban J connectivity index is 0.000000357. The molecule has 0 aromatic carbocycles. The predicted molar refractivity (Wildman–Crippen MR) is 135 cm³/mol. The highest BCUT2D eigenvalue weighted by molar-refractivity contribution is 7.88. The van der Waals surface area contributed by atoms with E-state index in [1.165, 1.54) is 26.2 Å². The first-order valence-corrected chi connectivity index (χ1v) is 14.6. The first kappa shape index (κ1) is 27.8. The van der Waals surface area contributed by atoms with Gasteiger partial charge < -0.3 is 14.8 Å². The number of carbonyl (C=O) groups excluding carboxylic acids is 2. The maximum atomic E-state index is 12.0. The summed E-state index contributed by atoms with van der Waals surface area (Å²) in [4.78, 5) is 23.4. The number of nitrogens with one attached hydrogen (secondary N) is 1. The molecule has 1 aromatic heterocycles. The fourth-order valence-electron chi connectivity index (χ4n) is 4.35. The van der Waals surface area contributed by atoms with Gasteiger partial charge in [0.05, 0.1) is 18.9 Å². The molecule has 0 amide bonds. The van der Waals surface area contributed by atoms with Crippen molar-refractivity contribution < 1.29 is 22.7 Å². The lowest BCUT2D eigenvalue weighted by Crippen LogP contribution is -2.30. The minimum Gasteiger partial charge on any atom is -0.465 e. The summed E-state index contributed by atoms with van der Waals surface area (Å²) in [5.41, 5.74) is 0.565. The molecule has 188 valence electrons. The second-order valence-corrected chi connectivity index (χ2v) is 12.7. The summed E-state index contributed by atoms with van der Waals surface area (Å²) in [6.45, 7) is 7.41. The van der Waals surface area contributed by atoms with Gasteiger partial charge in [0, 0.05) is 29.9 Å². The van der Waals surface area contributed by atoms with Crippen molar-refractivity contribution in [3.05, 3.63) is 16.5 Å². The topological polar surface area (TPSA) is 92.8 Å². The second kappa shape index (κ2) is 12.9. The van der Waals surface area contributed by atoms with Crippen molar-refractivity contribution >= 4 is 38.6 Å². The van der Waals surface area contributed by atoms with Crippen LogP contribution in [0.5, 0.6) is 0 Å². The van der Waals surface area contributed by atoms with Crippen LogP contribution in [0, 0.1) is 11.8 Å². The van der Waals surface area contributed by atoms with E-state index in [2.05, 4.69) is 12.2 Å². The van der Waals surface area contributed by atoms with Gasteiger partial charge in [0.1, 0.15) is 11.3 Å². The van der Waals surface area contributed by atoms with E-state index in [0.717, 1.165) is 54.2 Å². The van der Waals surface area contributed by atoms with Crippen molar-refractivity contribution in [1.29, 1.82) is 0 Å². The van der Waals surface area contributed by atoms with Crippen LogP contribution in [0.15, 0.2) is 6.07 Å². The van der Waals surface area contributed by atoms with E-state index in [-0.39, 0.29) is 17.9 Å². The molecule has 0 bridgehead atoms. The van der Waals surface area contributed by atoms with Crippen LogP contribution in [-0.4, -0.2) is 57.5 Å². The lowest BCUT2D eigenvalue weighted by molar-refractivity contribution is -0.112. The van der Waals surface area contributed by atoms with Gasteiger partial charge in [-0.2, -0.15) is 0 Å². The third-order valence-corrected chi connectivity index (χ3v) is 8.92. The standard InChI is InChI=1S/C16H26N2O4S2.C8H14O/c1-11(2)17-15-13(16(19)22-3)10-14(23-15)12-6-5-8-18(9-7-12)24(4,20)21;1-7-2-4-8(6-9)5-3-7/h10-12,17H,5-9H2,1-4H3;6-8H,2-5H2,1H3. The van der Waals surface area contributed by atoms with Crippen LogP contribution in [0.3, 0.4) is 0 Å². The molecule has 1 N–H and O–H groups in total. The molecule has 7 nitrogen and oxygen atoms in total. The highest BCUT2D eigenvalue weighted by Crippen LogP contribution is 2.38. The Bertz CT molecular complexity index is 873. The van der Waals surface area contributed by atoms with Gasteiger partial charge in [0.25, 0.3) is 0 Å². The van der Waals surface area contributed by atoms with Gasteiger partial charge >= 0.3 is 5.97 Å². The molecule has 0 radical (unpaired) electrons. The lowest BCUT2D eigenvalue weighted by atomic mass is 9.84. The zero-order chi connectivity index (χ0) is 24.6. The highest BCUT2D eigenvalue weighted by Gasteiger charge is 2.27. The zero-order valence-corrected chi connectivity index (χ0v) is 22.3. The average Bonchev–Trinajstić information content (AvgIpc) is 3.00. The highest BCUT2D eigenvalue weighted by atomic mass is 32.2. The van der Waals surface area contributed by atoms with Crippen LogP contribution in [-0.2, 0) is 19.6 Å². The number of sulfonamides is 1. The molecule has 0 spiro atoms. The fourth-order valence-corrected chi connectivity index (χ4v) is 6.61. The Labute approximate surface area is 203 Å². The Kier molecular flexibility index (Phi) is 10.8. The number of thiophene rings is 1. The molecule has 2 fully saturated rings. The Morgan fingerprint density at radius 3 is 2.39 bits per heavy atom. The van der Waals surface area contributed by atoms with E-state index in [9.17, 15) is 18.0 Å². The summed E-state index contributed by atoms with van der Waals surface area (Å²) >= 11 is 1.58. The van der Waals surface area contributed by atoms with Crippen molar-refractivity contribution in [2.75, 3.05) is 31.8 Å². The smallest absolute Gasteiger partial charge is 0.340 e. The number of nitrogens with zero attached hydrogens (tertiary/aromatic N) is 1. The summed E-state index contributed by atoms with van der Waals surface area (Å²) < 4.78 is 29.9. The first-order chi connectivity index (χ1) is 15.5. The quantitative estimate of drug-likeness (QED) is 0.441. The number of esters is 1. The second-order valence-electron chi connectivity index (χ2n) is 9.63. The number of anilines is 1. The van der Waals surface area contributed by atoms with Crippen molar-refractivity contribution in [3.63, 3.8) is 0 Å². The van der Waals surface area contributed by atoms with E-state index in [4.69, 9.17) is 4.74 Å². The van der Waals surface area contributed by atoms with Gasteiger partial charge in [0.2, 0.25) is 10.0 Å². The van der Waals surface area contributed by atoms with Crippen LogP contribution in [0.4, 0.5) is 5.00 Å². The minimum atomic E-state index is -3.14. The molecule has 1 saturated carbocycles. The predicted octanol–water partition coefficient (Wildman–Crippen LogP) is 4.90.